The standard InChI is InChI=1S/C19H26N2O4/c1-13-6-7-21(15(10-13)12-20)19(23)5-3-16(22)14-2-4-17-18(11-14)25-9-8-24-17/h2,4,11,13,15H,3,5-10,12,20H2,1H3. The fourth-order valence-corrected chi connectivity index (χ4v) is 3.53. The molecule has 0 saturated carbocycles. The Bertz CT molecular complexity index is 646. The van der Waals surface area contributed by atoms with Crippen LogP contribution in [0, 0.1) is 5.92 Å². The van der Waals surface area contributed by atoms with E-state index in [-0.39, 0.29) is 30.6 Å². The van der Waals surface area contributed by atoms with Gasteiger partial charge in [0.25, 0.3) is 0 Å². The molecule has 0 bridgehead atoms. The van der Waals surface area contributed by atoms with Gasteiger partial charge in [0.15, 0.2) is 17.3 Å². The van der Waals surface area contributed by atoms with Crippen LogP contribution in [0.15, 0.2) is 18.2 Å². The Morgan fingerprint density at radius 2 is 1.96 bits per heavy atom. The van der Waals surface area contributed by atoms with E-state index in [9.17, 15) is 9.59 Å². The van der Waals surface area contributed by atoms with Crippen LogP contribution in [0.2, 0.25) is 0 Å². The molecule has 2 unspecified atom stereocenters. The summed E-state index contributed by atoms with van der Waals surface area (Å²) in [6, 6.07) is 5.28. The lowest BCUT2D eigenvalue weighted by molar-refractivity contribution is -0.135. The SMILES string of the molecule is CC1CCN(C(=O)CCC(=O)c2ccc3c(c2)OCCO3)C(CN)C1. The molecule has 2 N–H and O–H groups in total. The second kappa shape index (κ2) is 7.87. The van der Waals surface area contributed by atoms with E-state index in [2.05, 4.69) is 6.92 Å². The largest absolute Gasteiger partial charge is 0.486 e. The number of piperidine rings is 1. The number of ether oxygens (including phenoxy) is 2. The summed E-state index contributed by atoms with van der Waals surface area (Å²) in [5, 5.41) is 0. The fourth-order valence-electron chi connectivity index (χ4n) is 3.53. The van der Waals surface area contributed by atoms with Gasteiger partial charge in [0.1, 0.15) is 13.2 Å². The summed E-state index contributed by atoms with van der Waals surface area (Å²) < 4.78 is 11.0. The molecular formula is C19H26N2O4. The Hall–Kier alpha value is -2.08. The van der Waals surface area contributed by atoms with E-state index in [1.54, 1.807) is 18.2 Å². The molecule has 0 radical (unpaired) electrons. The Labute approximate surface area is 148 Å². The van der Waals surface area contributed by atoms with Crippen molar-refractivity contribution < 1.29 is 19.1 Å². The monoisotopic (exact) mass is 346 g/mol. The van der Waals surface area contributed by atoms with Gasteiger partial charge in [-0.2, -0.15) is 0 Å². The average Bonchev–Trinajstić information content (AvgIpc) is 2.65. The highest BCUT2D eigenvalue weighted by atomic mass is 16.6. The Kier molecular flexibility index (Phi) is 5.58. The molecule has 1 aromatic rings. The van der Waals surface area contributed by atoms with Crippen LogP contribution < -0.4 is 15.2 Å². The van der Waals surface area contributed by atoms with Gasteiger partial charge in [-0.3, -0.25) is 9.59 Å². The maximum absolute atomic E-state index is 12.5. The van der Waals surface area contributed by atoms with Crippen molar-refractivity contribution in [2.75, 3.05) is 26.3 Å². The van der Waals surface area contributed by atoms with Crippen LogP contribution in [0.25, 0.3) is 0 Å². The number of Topliss-reactive ketones (excluding diaryl/α,β-unsaturated/α-hetero) is 1. The fraction of sp³-hybridized carbons (Fsp3) is 0.579. The Morgan fingerprint density at radius 1 is 1.20 bits per heavy atom. The van der Waals surface area contributed by atoms with E-state index in [1.807, 2.05) is 4.90 Å². The number of rotatable bonds is 5. The third-order valence-corrected chi connectivity index (χ3v) is 5.00. The summed E-state index contributed by atoms with van der Waals surface area (Å²) in [4.78, 5) is 26.8. The third-order valence-electron chi connectivity index (χ3n) is 5.00. The number of hydrogen-bond donors (Lipinski definition) is 1. The topological polar surface area (TPSA) is 81.9 Å². The van der Waals surface area contributed by atoms with Crippen molar-refractivity contribution in [2.24, 2.45) is 11.7 Å². The molecule has 1 saturated heterocycles. The molecule has 1 amide bonds. The zero-order valence-corrected chi connectivity index (χ0v) is 14.7. The lowest BCUT2D eigenvalue weighted by Gasteiger charge is -2.38. The van der Waals surface area contributed by atoms with E-state index < -0.39 is 0 Å². The molecule has 2 aliphatic heterocycles. The summed E-state index contributed by atoms with van der Waals surface area (Å²) in [6.07, 6.45) is 2.36. The number of likely N-dealkylation sites (tertiary alicyclic amines) is 1. The lowest BCUT2D eigenvalue weighted by Crippen LogP contribution is -2.49. The van der Waals surface area contributed by atoms with Gasteiger partial charge in [0, 0.05) is 37.5 Å². The lowest BCUT2D eigenvalue weighted by atomic mass is 9.92. The van der Waals surface area contributed by atoms with Crippen molar-refractivity contribution in [1.82, 2.24) is 4.90 Å². The van der Waals surface area contributed by atoms with Crippen LogP contribution in [0.4, 0.5) is 0 Å². The van der Waals surface area contributed by atoms with Crippen LogP contribution in [0.1, 0.15) is 43.0 Å². The number of nitrogens with zero attached hydrogens (tertiary/aromatic N) is 1. The average molecular weight is 346 g/mol. The molecule has 1 fully saturated rings. The molecule has 25 heavy (non-hydrogen) atoms. The Balaban J connectivity index is 1.57. The smallest absolute Gasteiger partial charge is 0.223 e. The minimum Gasteiger partial charge on any atom is -0.486 e. The van der Waals surface area contributed by atoms with Gasteiger partial charge >= 0.3 is 0 Å². The number of carbonyl (C=O) groups is 2. The van der Waals surface area contributed by atoms with Crippen molar-refractivity contribution in [1.29, 1.82) is 0 Å². The normalized spacial score (nSPS) is 22.6. The highest BCUT2D eigenvalue weighted by Crippen LogP contribution is 2.31. The highest BCUT2D eigenvalue weighted by molar-refractivity contribution is 5.98. The van der Waals surface area contributed by atoms with E-state index in [0.29, 0.717) is 42.7 Å². The van der Waals surface area contributed by atoms with Gasteiger partial charge in [-0.1, -0.05) is 6.92 Å². The van der Waals surface area contributed by atoms with Crippen molar-refractivity contribution in [3.05, 3.63) is 23.8 Å². The zero-order valence-electron chi connectivity index (χ0n) is 14.7. The van der Waals surface area contributed by atoms with Crippen LogP contribution in [0.3, 0.4) is 0 Å². The quantitative estimate of drug-likeness (QED) is 0.825. The number of carbonyl (C=O) groups excluding carboxylic acids is 2. The van der Waals surface area contributed by atoms with Crippen molar-refractivity contribution in [2.45, 2.75) is 38.6 Å². The number of hydrogen-bond acceptors (Lipinski definition) is 5. The molecule has 136 valence electrons. The van der Waals surface area contributed by atoms with Crippen LogP contribution in [-0.4, -0.2) is 48.9 Å². The molecule has 0 spiro atoms. The second-order valence-electron chi connectivity index (χ2n) is 6.89. The predicted molar refractivity (Wildman–Crippen MR) is 93.9 cm³/mol. The maximum atomic E-state index is 12.5. The number of nitrogens with two attached hydrogens (primary N) is 1. The number of ketones is 1. The molecule has 6 heteroatoms. The molecular weight excluding hydrogens is 320 g/mol. The first-order valence-corrected chi connectivity index (χ1v) is 9.01. The van der Waals surface area contributed by atoms with Gasteiger partial charge in [-0.25, -0.2) is 0 Å². The minimum absolute atomic E-state index is 0.0215. The highest BCUT2D eigenvalue weighted by Gasteiger charge is 2.29. The first-order chi connectivity index (χ1) is 12.1. The summed E-state index contributed by atoms with van der Waals surface area (Å²) >= 11 is 0. The van der Waals surface area contributed by atoms with Gasteiger partial charge in [-0.15, -0.1) is 0 Å². The first kappa shape index (κ1) is 17.7. The summed E-state index contributed by atoms with van der Waals surface area (Å²) in [5.41, 5.74) is 6.37. The molecule has 2 atom stereocenters. The van der Waals surface area contributed by atoms with Gasteiger partial charge < -0.3 is 20.1 Å². The van der Waals surface area contributed by atoms with Crippen LogP contribution in [0.5, 0.6) is 11.5 Å². The second-order valence-corrected chi connectivity index (χ2v) is 6.89. The summed E-state index contributed by atoms with van der Waals surface area (Å²) in [5.74, 6) is 1.81. The molecule has 2 heterocycles. The molecule has 0 aliphatic carbocycles. The van der Waals surface area contributed by atoms with E-state index in [0.717, 1.165) is 19.4 Å². The molecule has 6 nitrogen and oxygen atoms in total. The summed E-state index contributed by atoms with van der Waals surface area (Å²) in [7, 11) is 0. The molecule has 1 aromatic carbocycles. The van der Waals surface area contributed by atoms with Crippen molar-refractivity contribution in [3.63, 3.8) is 0 Å². The zero-order chi connectivity index (χ0) is 17.8. The van der Waals surface area contributed by atoms with Gasteiger partial charge in [0.05, 0.1) is 0 Å². The number of benzene rings is 1. The molecule has 2 aliphatic rings. The Morgan fingerprint density at radius 3 is 2.72 bits per heavy atom. The van der Waals surface area contributed by atoms with E-state index >= 15 is 0 Å². The third kappa shape index (κ3) is 4.12. The summed E-state index contributed by atoms with van der Waals surface area (Å²) in [6.45, 7) is 4.41. The predicted octanol–water partition coefficient (Wildman–Crippen LogP) is 2.01. The maximum Gasteiger partial charge on any atom is 0.223 e. The van der Waals surface area contributed by atoms with Crippen LogP contribution in [-0.2, 0) is 4.79 Å². The van der Waals surface area contributed by atoms with E-state index in [1.165, 1.54) is 0 Å². The number of amides is 1. The number of fused-ring (bicyclic) bond motifs is 1. The van der Waals surface area contributed by atoms with Crippen molar-refractivity contribution in [3.8, 4) is 11.5 Å². The van der Waals surface area contributed by atoms with Gasteiger partial charge in [-0.05, 0) is 37.0 Å². The first-order valence-electron chi connectivity index (χ1n) is 9.01. The van der Waals surface area contributed by atoms with Crippen molar-refractivity contribution >= 4 is 11.7 Å². The van der Waals surface area contributed by atoms with Crippen LogP contribution >= 0.6 is 0 Å². The molecule has 3 rings (SSSR count). The minimum atomic E-state index is -0.0556. The van der Waals surface area contributed by atoms with Gasteiger partial charge in [0.2, 0.25) is 5.91 Å². The van der Waals surface area contributed by atoms with E-state index in [4.69, 9.17) is 15.2 Å². The molecule has 0 aromatic heterocycles.